The molecule has 2 aromatic carbocycles. The normalized spacial score (nSPS) is 25.3. The SMILES string of the molecule is CCOc1cccc(C2=N/C(=C3\CCC=C(C4=C5C=C(c6ccc(F)cc6)CCC(C)C5=C=CCC=N4)CCC3)C(CC)CC2C)c1. The molecule has 2 aromatic rings. The molecule has 0 saturated heterocycles. The van der Waals surface area contributed by atoms with E-state index < -0.39 is 0 Å². The fourth-order valence-corrected chi connectivity index (χ4v) is 7.69. The number of hydrogen-bond acceptors (Lipinski definition) is 3. The molecule has 4 heteroatoms. The summed E-state index contributed by atoms with van der Waals surface area (Å²) in [5, 5.41) is 0. The van der Waals surface area contributed by atoms with Crippen molar-refractivity contribution in [3.8, 4) is 5.75 Å². The molecule has 0 amide bonds. The highest BCUT2D eigenvalue weighted by molar-refractivity contribution is 6.03. The average Bonchev–Trinajstić information content (AvgIpc) is 3.20. The van der Waals surface area contributed by atoms with Crippen molar-refractivity contribution in [2.24, 2.45) is 27.7 Å². The molecule has 244 valence electrons. The van der Waals surface area contributed by atoms with Crippen LogP contribution in [0.1, 0.15) is 103 Å². The number of fused-ring (bicyclic) bond motifs is 1. The minimum absolute atomic E-state index is 0.199. The maximum Gasteiger partial charge on any atom is 0.123 e. The molecule has 2 aliphatic heterocycles. The maximum absolute atomic E-state index is 13.8. The summed E-state index contributed by atoms with van der Waals surface area (Å²) in [6.45, 7) is 9.65. The second-order valence-corrected chi connectivity index (χ2v) is 13.5. The van der Waals surface area contributed by atoms with Crippen LogP contribution < -0.4 is 4.74 Å². The third kappa shape index (κ3) is 7.60. The van der Waals surface area contributed by atoms with Crippen molar-refractivity contribution in [3.05, 3.63) is 123 Å². The number of rotatable bonds is 6. The summed E-state index contributed by atoms with van der Waals surface area (Å²) in [6, 6.07) is 15.4. The Morgan fingerprint density at radius 1 is 0.936 bits per heavy atom. The van der Waals surface area contributed by atoms with Crippen molar-refractivity contribution in [3.63, 3.8) is 0 Å². The summed E-state index contributed by atoms with van der Waals surface area (Å²) in [7, 11) is 0. The van der Waals surface area contributed by atoms with Crippen LogP contribution >= 0.6 is 0 Å². The molecule has 3 nitrogen and oxygen atoms in total. The molecule has 0 N–H and O–H groups in total. The molecule has 47 heavy (non-hydrogen) atoms. The lowest BCUT2D eigenvalue weighted by molar-refractivity contribution is 0.340. The van der Waals surface area contributed by atoms with Gasteiger partial charge in [-0.25, -0.2) is 4.39 Å². The topological polar surface area (TPSA) is 34.0 Å². The van der Waals surface area contributed by atoms with Crippen LogP contribution in [0.5, 0.6) is 5.75 Å². The van der Waals surface area contributed by atoms with Crippen molar-refractivity contribution >= 4 is 17.5 Å². The maximum atomic E-state index is 13.8. The second-order valence-electron chi connectivity index (χ2n) is 13.5. The Hall–Kier alpha value is -4.01. The first-order valence-corrected chi connectivity index (χ1v) is 17.9. The zero-order valence-corrected chi connectivity index (χ0v) is 28.6. The largest absolute Gasteiger partial charge is 0.494 e. The van der Waals surface area contributed by atoms with E-state index in [1.807, 2.05) is 31.3 Å². The van der Waals surface area contributed by atoms with Crippen molar-refractivity contribution in [2.75, 3.05) is 6.61 Å². The zero-order valence-electron chi connectivity index (χ0n) is 28.6. The molecule has 3 atom stereocenters. The Bertz CT molecular complexity index is 1720. The van der Waals surface area contributed by atoms with Crippen molar-refractivity contribution in [2.45, 2.75) is 91.9 Å². The van der Waals surface area contributed by atoms with E-state index in [1.54, 1.807) is 12.1 Å². The number of aliphatic imine (C=N–C) groups is 2. The Morgan fingerprint density at radius 2 is 1.79 bits per heavy atom. The lowest BCUT2D eigenvalue weighted by Crippen LogP contribution is -2.24. The fourth-order valence-electron chi connectivity index (χ4n) is 7.69. The lowest BCUT2D eigenvalue weighted by atomic mass is 9.80. The number of halogens is 1. The summed E-state index contributed by atoms with van der Waals surface area (Å²) >= 11 is 0. The van der Waals surface area contributed by atoms with E-state index in [-0.39, 0.29) is 5.82 Å². The minimum Gasteiger partial charge on any atom is -0.494 e. The van der Waals surface area contributed by atoms with E-state index in [2.05, 4.69) is 62.9 Å². The van der Waals surface area contributed by atoms with E-state index in [1.165, 1.54) is 44.8 Å². The van der Waals surface area contributed by atoms with Gasteiger partial charge in [0.1, 0.15) is 11.6 Å². The quantitative estimate of drug-likeness (QED) is 0.293. The van der Waals surface area contributed by atoms with E-state index in [9.17, 15) is 4.39 Å². The molecule has 4 aliphatic rings. The van der Waals surface area contributed by atoms with E-state index in [0.717, 1.165) is 81.2 Å². The number of nitrogens with zero attached hydrogens (tertiary/aromatic N) is 2. The molecule has 0 bridgehead atoms. The molecule has 2 heterocycles. The number of hydrogen-bond donors (Lipinski definition) is 0. The highest BCUT2D eigenvalue weighted by Gasteiger charge is 2.29. The van der Waals surface area contributed by atoms with Gasteiger partial charge in [-0.2, -0.15) is 0 Å². The van der Waals surface area contributed by atoms with Crippen LogP contribution in [0, 0.1) is 23.6 Å². The standard InChI is InChI=1S/C43H49FN2O/c1-5-31-26-30(4)41(36-16-11-17-38(27-36)47-6-2)46-42(31)33-12-9-14-34(15-10-13-33)43-40-28-35(32-21-23-37(44)24-22-32)20-19-29(3)39(40)18-7-8-25-45-43/h7,11,14,16-17,21-25,27-31H,5-6,8-10,12-13,15,19-20,26H2,1-4H3/b34-14?,42-33+,43-40?,45-25?. The first-order chi connectivity index (χ1) is 22.9. The van der Waals surface area contributed by atoms with Gasteiger partial charge in [-0.1, -0.05) is 51.1 Å². The molecule has 2 aliphatic carbocycles. The molecule has 0 radical (unpaired) electrons. The molecule has 0 spiro atoms. The first-order valence-electron chi connectivity index (χ1n) is 17.9. The van der Waals surface area contributed by atoms with E-state index in [4.69, 9.17) is 14.7 Å². The van der Waals surface area contributed by atoms with Gasteiger partial charge in [-0.05, 0) is 141 Å². The number of benzene rings is 2. The molecular formula is C43H49FN2O. The molecule has 0 aromatic heterocycles. The Kier molecular flexibility index (Phi) is 10.7. The number of ether oxygens (including phenoxy) is 1. The minimum atomic E-state index is -0.199. The van der Waals surface area contributed by atoms with Gasteiger partial charge < -0.3 is 4.74 Å². The third-order valence-corrected chi connectivity index (χ3v) is 10.2. The second kappa shape index (κ2) is 15.3. The molecular weight excluding hydrogens is 579 g/mol. The van der Waals surface area contributed by atoms with Gasteiger partial charge in [0.05, 0.1) is 18.0 Å². The predicted octanol–water partition coefficient (Wildman–Crippen LogP) is 11.5. The van der Waals surface area contributed by atoms with Gasteiger partial charge in [-0.3, -0.25) is 9.98 Å². The third-order valence-electron chi connectivity index (χ3n) is 10.2. The monoisotopic (exact) mass is 628 g/mol. The van der Waals surface area contributed by atoms with Crippen molar-refractivity contribution in [1.82, 2.24) is 0 Å². The highest BCUT2D eigenvalue weighted by Crippen LogP contribution is 2.42. The van der Waals surface area contributed by atoms with Gasteiger partial charge >= 0.3 is 0 Å². The Labute approximate surface area is 281 Å². The predicted molar refractivity (Wildman–Crippen MR) is 194 cm³/mol. The van der Waals surface area contributed by atoms with Crippen LogP contribution in [0.25, 0.3) is 5.57 Å². The van der Waals surface area contributed by atoms with Gasteiger partial charge in [0.2, 0.25) is 0 Å². The van der Waals surface area contributed by atoms with Crippen molar-refractivity contribution < 1.29 is 9.13 Å². The summed E-state index contributed by atoms with van der Waals surface area (Å²) < 4.78 is 19.6. The van der Waals surface area contributed by atoms with Crippen LogP contribution in [0.3, 0.4) is 0 Å². The summed E-state index contributed by atoms with van der Waals surface area (Å²) in [4.78, 5) is 10.6. The first kappa shape index (κ1) is 32.9. The molecule has 6 rings (SSSR count). The Morgan fingerprint density at radius 3 is 2.60 bits per heavy atom. The summed E-state index contributed by atoms with van der Waals surface area (Å²) in [6.07, 6.45) is 19.1. The highest BCUT2D eigenvalue weighted by atomic mass is 19.1. The van der Waals surface area contributed by atoms with Gasteiger partial charge in [0.25, 0.3) is 0 Å². The van der Waals surface area contributed by atoms with E-state index in [0.29, 0.717) is 24.4 Å². The van der Waals surface area contributed by atoms with Crippen LogP contribution in [0.15, 0.2) is 116 Å². The number of allylic oxidation sites excluding steroid dienone is 8. The summed E-state index contributed by atoms with van der Waals surface area (Å²) in [5.74, 6) is 2.00. The lowest BCUT2D eigenvalue weighted by Gasteiger charge is -2.31. The summed E-state index contributed by atoms with van der Waals surface area (Å²) in [5.41, 5.74) is 16.1. The Balaban J connectivity index is 1.35. The van der Waals surface area contributed by atoms with E-state index >= 15 is 0 Å². The van der Waals surface area contributed by atoms with Crippen LogP contribution in [-0.4, -0.2) is 18.5 Å². The zero-order chi connectivity index (χ0) is 32.8. The van der Waals surface area contributed by atoms with Gasteiger partial charge in [0, 0.05) is 35.4 Å². The van der Waals surface area contributed by atoms with Gasteiger partial charge in [0.15, 0.2) is 0 Å². The molecule has 3 unspecified atom stereocenters. The van der Waals surface area contributed by atoms with Crippen LogP contribution in [0.2, 0.25) is 0 Å². The molecule has 0 saturated carbocycles. The smallest absolute Gasteiger partial charge is 0.123 e. The van der Waals surface area contributed by atoms with Gasteiger partial charge in [-0.15, -0.1) is 5.73 Å². The van der Waals surface area contributed by atoms with Crippen LogP contribution in [-0.2, 0) is 0 Å². The fraction of sp³-hybridized carbons (Fsp3) is 0.419. The van der Waals surface area contributed by atoms with Crippen LogP contribution in [0.4, 0.5) is 4.39 Å². The average molecular weight is 629 g/mol. The van der Waals surface area contributed by atoms with Crippen molar-refractivity contribution in [1.29, 1.82) is 0 Å². The molecule has 0 fully saturated rings.